The van der Waals surface area contributed by atoms with Gasteiger partial charge in [-0.15, -0.1) is 0 Å². The molecule has 0 saturated heterocycles. The molecule has 1 aliphatic rings. The maximum atomic E-state index is 12.2. The van der Waals surface area contributed by atoms with Crippen molar-refractivity contribution >= 4 is 28.8 Å². The van der Waals surface area contributed by atoms with Crippen molar-refractivity contribution in [1.82, 2.24) is 9.99 Å². The van der Waals surface area contributed by atoms with Crippen LogP contribution in [0.25, 0.3) is 11.0 Å². The van der Waals surface area contributed by atoms with Crippen molar-refractivity contribution in [3.63, 3.8) is 0 Å². The molecule has 0 aliphatic heterocycles. The first-order chi connectivity index (χ1) is 13.6. The molecule has 3 aromatic rings. The largest absolute Gasteiger partial charge is 0.451 e. The molecule has 0 bridgehead atoms. The number of hydrogen-bond donors (Lipinski definition) is 1. The molecule has 1 saturated carbocycles. The van der Waals surface area contributed by atoms with E-state index in [1.54, 1.807) is 6.21 Å². The second-order valence-corrected chi connectivity index (χ2v) is 6.97. The van der Waals surface area contributed by atoms with Crippen LogP contribution in [0.15, 0.2) is 52.2 Å². The Hall–Kier alpha value is -3.42. The van der Waals surface area contributed by atoms with Gasteiger partial charge in [-0.1, -0.05) is 19.3 Å². The lowest BCUT2D eigenvalue weighted by Crippen LogP contribution is -2.16. The van der Waals surface area contributed by atoms with Crippen molar-refractivity contribution in [2.75, 3.05) is 0 Å². The van der Waals surface area contributed by atoms with Gasteiger partial charge in [0.25, 0.3) is 5.69 Å². The number of nitro groups is 1. The maximum absolute atomic E-state index is 12.2. The van der Waals surface area contributed by atoms with Gasteiger partial charge < -0.3 is 8.98 Å². The molecule has 1 N–H and O–H groups in total. The number of furan rings is 1. The molecule has 4 rings (SSSR count). The highest BCUT2D eigenvalue weighted by Gasteiger charge is 2.16. The van der Waals surface area contributed by atoms with Crippen molar-refractivity contribution in [1.29, 1.82) is 0 Å². The standard InChI is InChI=1S/C20H20N4O4/c25-20(19-11-15-10-17(24(26)27)6-7-18(15)28-19)22-21-12-14-8-9-23(13-14)16-4-2-1-3-5-16/h6-13,16H,1-5H2,(H,22,25)/b21-12-. The fraction of sp³-hybridized carbons (Fsp3) is 0.300. The minimum atomic E-state index is -0.512. The number of rotatable bonds is 5. The summed E-state index contributed by atoms with van der Waals surface area (Å²) < 4.78 is 7.65. The Bertz CT molecular complexity index is 1040. The van der Waals surface area contributed by atoms with Gasteiger partial charge >= 0.3 is 5.91 Å². The number of nitro benzene ring substituents is 1. The van der Waals surface area contributed by atoms with E-state index in [2.05, 4.69) is 15.1 Å². The molecule has 8 heteroatoms. The summed E-state index contributed by atoms with van der Waals surface area (Å²) >= 11 is 0. The topological polar surface area (TPSA) is 103 Å². The van der Waals surface area contributed by atoms with Gasteiger partial charge in [-0.2, -0.15) is 5.10 Å². The first kappa shape index (κ1) is 18.0. The zero-order chi connectivity index (χ0) is 19.5. The summed E-state index contributed by atoms with van der Waals surface area (Å²) in [5.74, 6) is -0.464. The Labute approximate surface area is 161 Å². The highest BCUT2D eigenvalue weighted by Crippen LogP contribution is 2.28. The van der Waals surface area contributed by atoms with Crippen molar-refractivity contribution in [3.05, 3.63) is 64.2 Å². The Morgan fingerprint density at radius 3 is 2.86 bits per heavy atom. The third-order valence-corrected chi connectivity index (χ3v) is 5.05. The van der Waals surface area contributed by atoms with Gasteiger partial charge in [0.05, 0.1) is 11.1 Å². The quantitative estimate of drug-likeness (QED) is 0.402. The molecular formula is C20H20N4O4. The normalized spacial score (nSPS) is 15.3. The number of carbonyl (C=O) groups excluding carboxylic acids is 1. The molecule has 1 fully saturated rings. The fourth-order valence-corrected chi connectivity index (χ4v) is 3.59. The van der Waals surface area contributed by atoms with Crippen molar-refractivity contribution in [3.8, 4) is 0 Å². The van der Waals surface area contributed by atoms with Gasteiger partial charge in [0, 0.05) is 41.5 Å². The van der Waals surface area contributed by atoms with Gasteiger partial charge in [-0.3, -0.25) is 14.9 Å². The zero-order valence-corrected chi connectivity index (χ0v) is 15.2. The fourth-order valence-electron chi connectivity index (χ4n) is 3.59. The number of aromatic nitrogens is 1. The number of benzene rings is 1. The lowest BCUT2D eigenvalue weighted by atomic mass is 9.95. The van der Waals surface area contributed by atoms with Crippen LogP contribution in [-0.4, -0.2) is 21.6 Å². The van der Waals surface area contributed by atoms with Crippen LogP contribution in [0.2, 0.25) is 0 Å². The summed E-state index contributed by atoms with van der Waals surface area (Å²) in [6, 6.07) is 8.15. The third kappa shape index (κ3) is 3.80. The van der Waals surface area contributed by atoms with Gasteiger partial charge in [-0.05, 0) is 31.0 Å². The molecule has 0 spiro atoms. The molecular weight excluding hydrogens is 360 g/mol. The lowest BCUT2D eigenvalue weighted by molar-refractivity contribution is -0.384. The molecule has 2 aromatic heterocycles. The van der Waals surface area contributed by atoms with Crippen LogP contribution in [0.4, 0.5) is 5.69 Å². The van der Waals surface area contributed by atoms with Crippen molar-refractivity contribution in [2.45, 2.75) is 38.1 Å². The van der Waals surface area contributed by atoms with E-state index in [1.807, 2.05) is 18.5 Å². The molecule has 0 radical (unpaired) electrons. The molecule has 1 aromatic carbocycles. The first-order valence-corrected chi connectivity index (χ1v) is 9.29. The maximum Gasteiger partial charge on any atom is 0.307 e. The summed E-state index contributed by atoms with van der Waals surface area (Å²) in [6.07, 6.45) is 11.9. The Kier molecular flexibility index (Phi) is 4.92. The molecule has 144 valence electrons. The monoisotopic (exact) mass is 380 g/mol. The molecule has 8 nitrogen and oxygen atoms in total. The Morgan fingerprint density at radius 2 is 2.07 bits per heavy atom. The minimum absolute atomic E-state index is 0.0485. The second-order valence-electron chi connectivity index (χ2n) is 6.97. The van der Waals surface area contributed by atoms with Crippen LogP contribution in [0, 0.1) is 10.1 Å². The van der Waals surface area contributed by atoms with Gasteiger partial charge in [-0.25, -0.2) is 5.43 Å². The minimum Gasteiger partial charge on any atom is -0.451 e. The SMILES string of the molecule is O=C(N/N=C\c1ccn(C2CCCCC2)c1)c1cc2cc([N+](=O)[O-])ccc2o1. The van der Waals surface area contributed by atoms with E-state index in [4.69, 9.17) is 4.42 Å². The average molecular weight is 380 g/mol. The zero-order valence-electron chi connectivity index (χ0n) is 15.2. The summed E-state index contributed by atoms with van der Waals surface area (Å²) in [5, 5.41) is 15.3. The molecule has 1 aliphatic carbocycles. The highest BCUT2D eigenvalue weighted by molar-refractivity contribution is 5.96. The number of hydrazone groups is 1. The molecule has 1 amide bonds. The number of amides is 1. The number of nitrogens with zero attached hydrogens (tertiary/aromatic N) is 3. The summed E-state index contributed by atoms with van der Waals surface area (Å²) in [6.45, 7) is 0. The predicted octanol–water partition coefficient (Wildman–Crippen LogP) is 4.41. The van der Waals surface area contributed by atoms with E-state index in [-0.39, 0.29) is 11.4 Å². The first-order valence-electron chi connectivity index (χ1n) is 9.29. The Balaban J connectivity index is 1.40. The number of hydrogen-bond acceptors (Lipinski definition) is 5. The number of fused-ring (bicyclic) bond motifs is 1. The van der Waals surface area contributed by atoms with E-state index < -0.39 is 10.8 Å². The third-order valence-electron chi connectivity index (χ3n) is 5.05. The van der Waals surface area contributed by atoms with Gasteiger partial charge in [0.2, 0.25) is 0 Å². The smallest absolute Gasteiger partial charge is 0.307 e. The lowest BCUT2D eigenvalue weighted by Gasteiger charge is -2.23. The summed E-state index contributed by atoms with van der Waals surface area (Å²) in [5.41, 5.74) is 3.69. The molecule has 28 heavy (non-hydrogen) atoms. The molecule has 0 atom stereocenters. The van der Waals surface area contributed by atoms with E-state index in [9.17, 15) is 14.9 Å². The summed E-state index contributed by atoms with van der Waals surface area (Å²) in [4.78, 5) is 22.6. The summed E-state index contributed by atoms with van der Waals surface area (Å²) in [7, 11) is 0. The van der Waals surface area contributed by atoms with Crippen molar-refractivity contribution < 1.29 is 14.1 Å². The average Bonchev–Trinajstić information content (AvgIpc) is 3.35. The van der Waals surface area contributed by atoms with E-state index in [0.29, 0.717) is 17.0 Å². The van der Waals surface area contributed by atoms with Crippen LogP contribution in [-0.2, 0) is 0 Å². The number of nitrogens with one attached hydrogen (secondary N) is 1. The van der Waals surface area contributed by atoms with Crippen LogP contribution >= 0.6 is 0 Å². The predicted molar refractivity (Wildman–Crippen MR) is 104 cm³/mol. The molecule has 2 heterocycles. The van der Waals surface area contributed by atoms with E-state index in [0.717, 1.165) is 5.56 Å². The van der Waals surface area contributed by atoms with Crippen molar-refractivity contribution in [2.24, 2.45) is 5.10 Å². The molecule has 0 unspecified atom stereocenters. The van der Waals surface area contributed by atoms with Crippen LogP contribution in [0.3, 0.4) is 0 Å². The highest BCUT2D eigenvalue weighted by atomic mass is 16.6. The second kappa shape index (κ2) is 7.67. The van der Waals surface area contributed by atoms with Crippen LogP contribution < -0.4 is 5.43 Å². The van der Waals surface area contributed by atoms with Crippen LogP contribution in [0.1, 0.15) is 54.3 Å². The van der Waals surface area contributed by atoms with Gasteiger partial charge in [0.1, 0.15) is 5.58 Å². The van der Waals surface area contributed by atoms with E-state index in [1.165, 1.54) is 56.4 Å². The number of non-ortho nitro benzene ring substituents is 1. The number of carbonyl (C=O) groups is 1. The van der Waals surface area contributed by atoms with E-state index >= 15 is 0 Å². The Morgan fingerprint density at radius 1 is 1.25 bits per heavy atom. The van der Waals surface area contributed by atoms with Crippen LogP contribution in [0.5, 0.6) is 0 Å². The van der Waals surface area contributed by atoms with Gasteiger partial charge in [0.15, 0.2) is 5.76 Å².